The van der Waals surface area contributed by atoms with E-state index in [9.17, 15) is 4.79 Å². The number of urea groups is 1. The van der Waals surface area contributed by atoms with Gasteiger partial charge in [-0.3, -0.25) is 4.68 Å². The minimum Gasteiger partial charge on any atom is -0.343 e. The molecule has 1 saturated heterocycles. The summed E-state index contributed by atoms with van der Waals surface area (Å²) in [5, 5.41) is 8.13. The van der Waals surface area contributed by atoms with Gasteiger partial charge in [0.25, 0.3) is 0 Å². The molecule has 2 aromatic rings. The first-order chi connectivity index (χ1) is 11.6. The Bertz CT molecular complexity index is 690. The van der Waals surface area contributed by atoms with Gasteiger partial charge in [-0.25, -0.2) is 9.78 Å². The summed E-state index contributed by atoms with van der Waals surface area (Å²) in [6, 6.07) is -0.0861. The Hall–Kier alpha value is -2.16. The number of hydrogen-bond donors (Lipinski definition) is 1. The van der Waals surface area contributed by atoms with Crippen molar-refractivity contribution in [2.24, 2.45) is 7.05 Å². The average Bonchev–Trinajstić information content (AvgIpc) is 3.23. The van der Waals surface area contributed by atoms with E-state index in [4.69, 9.17) is 0 Å². The number of nitrogens with zero attached hydrogens (tertiary/aromatic N) is 6. The fourth-order valence-corrected chi connectivity index (χ4v) is 3.44. The second-order valence-corrected chi connectivity index (χ2v) is 6.67. The van der Waals surface area contributed by atoms with E-state index in [2.05, 4.69) is 31.6 Å². The lowest BCUT2D eigenvalue weighted by atomic mass is 10.2. The molecule has 24 heavy (non-hydrogen) atoms. The van der Waals surface area contributed by atoms with E-state index in [1.165, 1.54) is 11.5 Å². The van der Waals surface area contributed by atoms with Crippen molar-refractivity contribution in [3.8, 4) is 0 Å². The maximum absolute atomic E-state index is 12.4. The highest BCUT2D eigenvalue weighted by Crippen LogP contribution is 2.19. The van der Waals surface area contributed by atoms with Crippen LogP contribution in [0.25, 0.3) is 0 Å². The van der Waals surface area contributed by atoms with Crippen molar-refractivity contribution in [3.63, 3.8) is 0 Å². The molecule has 1 atom stereocenters. The van der Waals surface area contributed by atoms with Crippen LogP contribution in [0.4, 0.5) is 9.93 Å². The molecule has 0 aliphatic carbocycles. The van der Waals surface area contributed by atoms with Crippen LogP contribution in [0.5, 0.6) is 0 Å². The molecule has 1 N–H and O–H groups in total. The molecule has 1 unspecified atom stereocenters. The molecule has 3 heterocycles. The van der Waals surface area contributed by atoms with Crippen molar-refractivity contribution in [1.29, 1.82) is 0 Å². The molecule has 130 valence electrons. The number of amides is 2. The average molecular weight is 349 g/mol. The van der Waals surface area contributed by atoms with Gasteiger partial charge in [-0.15, -0.1) is 0 Å². The number of anilines is 1. The van der Waals surface area contributed by atoms with Crippen LogP contribution in [-0.2, 0) is 13.5 Å². The predicted octanol–water partition coefficient (Wildman–Crippen LogP) is 1.43. The molecule has 3 rings (SSSR count). The zero-order chi connectivity index (χ0) is 17.1. The topological polar surface area (TPSA) is 79.2 Å². The van der Waals surface area contributed by atoms with Crippen LogP contribution in [0.2, 0.25) is 0 Å². The first kappa shape index (κ1) is 16.7. The molecule has 1 aliphatic heterocycles. The van der Waals surface area contributed by atoms with Gasteiger partial charge in [0.2, 0.25) is 5.13 Å². The van der Waals surface area contributed by atoms with Crippen molar-refractivity contribution in [3.05, 3.63) is 23.8 Å². The summed E-state index contributed by atoms with van der Waals surface area (Å²) in [5.41, 5.74) is 1.01. The third-order valence-electron chi connectivity index (χ3n) is 4.18. The molecule has 0 aromatic carbocycles. The van der Waals surface area contributed by atoms with E-state index < -0.39 is 0 Å². The summed E-state index contributed by atoms with van der Waals surface area (Å²) < 4.78 is 6.07. The number of aromatic nitrogens is 4. The fourth-order valence-electron chi connectivity index (χ4n) is 2.64. The number of piperazine rings is 1. The molecule has 0 radical (unpaired) electrons. The number of hydrogen-bond acceptors (Lipinski definition) is 6. The third kappa shape index (κ3) is 3.66. The molecule has 0 saturated carbocycles. The highest BCUT2D eigenvalue weighted by Gasteiger charge is 2.24. The van der Waals surface area contributed by atoms with E-state index in [0.717, 1.165) is 36.0 Å². The van der Waals surface area contributed by atoms with Crippen LogP contribution in [0.15, 0.2) is 12.4 Å². The largest absolute Gasteiger partial charge is 0.343 e. The summed E-state index contributed by atoms with van der Waals surface area (Å²) in [6.07, 6.45) is 4.55. The lowest BCUT2D eigenvalue weighted by Gasteiger charge is -2.34. The predicted molar refractivity (Wildman–Crippen MR) is 93.2 cm³/mol. The zero-order valence-corrected chi connectivity index (χ0v) is 15.1. The van der Waals surface area contributed by atoms with E-state index in [0.29, 0.717) is 13.1 Å². The number of rotatable bonds is 4. The Morgan fingerprint density at radius 3 is 2.71 bits per heavy atom. The standard InChI is InChI=1S/C15H23N7OS/c1-4-13-18-15(24-19-13)22-7-5-21(6-8-22)14(23)17-11(2)12-9-16-20(3)10-12/h9-11H,4-8H2,1-3H3,(H,17,23). The van der Waals surface area contributed by atoms with Crippen molar-refractivity contribution in [2.45, 2.75) is 26.3 Å². The van der Waals surface area contributed by atoms with E-state index in [-0.39, 0.29) is 12.1 Å². The molecule has 8 nitrogen and oxygen atoms in total. The van der Waals surface area contributed by atoms with Crippen LogP contribution < -0.4 is 10.2 Å². The number of aryl methyl sites for hydroxylation is 2. The molecule has 2 aromatic heterocycles. The van der Waals surface area contributed by atoms with Crippen molar-refractivity contribution < 1.29 is 4.79 Å². The highest BCUT2D eigenvalue weighted by atomic mass is 32.1. The minimum atomic E-state index is -0.0560. The van der Waals surface area contributed by atoms with Crippen molar-refractivity contribution in [2.75, 3.05) is 31.1 Å². The lowest BCUT2D eigenvalue weighted by Crippen LogP contribution is -2.52. The van der Waals surface area contributed by atoms with Gasteiger partial charge in [0.1, 0.15) is 5.82 Å². The second kappa shape index (κ2) is 7.16. The molecule has 9 heteroatoms. The molecule has 1 aliphatic rings. The number of carbonyl (C=O) groups excluding carboxylic acids is 1. The Balaban J connectivity index is 1.51. The highest BCUT2D eigenvalue weighted by molar-refractivity contribution is 7.09. The van der Waals surface area contributed by atoms with Gasteiger partial charge in [0.05, 0.1) is 12.2 Å². The van der Waals surface area contributed by atoms with Crippen LogP contribution >= 0.6 is 11.5 Å². The van der Waals surface area contributed by atoms with Crippen LogP contribution in [-0.4, -0.2) is 56.2 Å². The van der Waals surface area contributed by atoms with Crippen LogP contribution in [0, 0.1) is 0 Å². The van der Waals surface area contributed by atoms with Crippen LogP contribution in [0.3, 0.4) is 0 Å². The summed E-state index contributed by atoms with van der Waals surface area (Å²) >= 11 is 1.44. The van der Waals surface area contributed by atoms with Crippen LogP contribution in [0.1, 0.15) is 31.3 Å². The number of nitrogens with one attached hydrogen (secondary N) is 1. The summed E-state index contributed by atoms with van der Waals surface area (Å²) in [7, 11) is 1.87. The maximum atomic E-state index is 12.4. The third-order valence-corrected chi connectivity index (χ3v) is 4.99. The van der Waals surface area contributed by atoms with Gasteiger partial charge >= 0.3 is 6.03 Å². The maximum Gasteiger partial charge on any atom is 0.317 e. The van der Waals surface area contributed by atoms with Crippen molar-refractivity contribution in [1.82, 2.24) is 29.4 Å². The van der Waals surface area contributed by atoms with E-state index in [1.807, 2.05) is 25.1 Å². The Labute approximate surface area is 145 Å². The lowest BCUT2D eigenvalue weighted by molar-refractivity contribution is 0.191. The molecule has 0 spiro atoms. The molecule has 0 bridgehead atoms. The van der Waals surface area contributed by atoms with Gasteiger partial charge in [0.15, 0.2) is 0 Å². The first-order valence-corrected chi connectivity index (χ1v) is 8.95. The molecular formula is C15H23N7OS. The quantitative estimate of drug-likeness (QED) is 0.903. The smallest absolute Gasteiger partial charge is 0.317 e. The normalized spacial score (nSPS) is 16.3. The van der Waals surface area contributed by atoms with Gasteiger partial charge < -0.3 is 15.1 Å². The summed E-state index contributed by atoms with van der Waals surface area (Å²) in [4.78, 5) is 21.0. The fraction of sp³-hybridized carbons (Fsp3) is 0.600. The Morgan fingerprint density at radius 1 is 1.38 bits per heavy atom. The van der Waals surface area contributed by atoms with Crippen molar-refractivity contribution >= 4 is 22.7 Å². The molecular weight excluding hydrogens is 326 g/mol. The monoisotopic (exact) mass is 349 g/mol. The molecule has 2 amide bonds. The van der Waals surface area contributed by atoms with Gasteiger partial charge in [-0.05, 0) is 6.92 Å². The van der Waals surface area contributed by atoms with Gasteiger partial charge in [0, 0.05) is 62.9 Å². The number of carbonyl (C=O) groups is 1. The van der Waals surface area contributed by atoms with E-state index in [1.54, 1.807) is 10.9 Å². The molecule has 1 fully saturated rings. The second-order valence-electron chi connectivity index (χ2n) is 5.94. The van der Waals surface area contributed by atoms with E-state index >= 15 is 0 Å². The Morgan fingerprint density at radius 2 is 2.12 bits per heavy atom. The summed E-state index contributed by atoms with van der Waals surface area (Å²) in [5.74, 6) is 0.889. The Kier molecular flexibility index (Phi) is 4.98. The van der Waals surface area contributed by atoms with Gasteiger partial charge in [-0.2, -0.15) is 9.47 Å². The van der Waals surface area contributed by atoms with Gasteiger partial charge in [-0.1, -0.05) is 6.92 Å². The summed E-state index contributed by atoms with van der Waals surface area (Å²) in [6.45, 7) is 6.97. The SMILES string of the molecule is CCc1nsc(N2CCN(C(=O)NC(C)c3cnn(C)c3)CC2)n1. The first-order valence-electron chi connectivity index (χ1n) is 8.18. The zero-order valence-electron chi connectivity index (χ0n) is 14.3. The minimum absolute atomic E-state index is 0.0301.